The summed E-state index contributed by atoms with van der Waals surface area (Å²) in [4.78, 5) is 27.9. The maximum absolute atomic E-state index is 12.7. The fourth-order valence-corrected chi connectivity index (χ4v) is 3.03. The van der Waals surface area contributed by atoms with E-state index < -0.39 is 5.97 Å². The van der Waals surface area contributed by atoms with Crippen molar-refractivity contribution in [1.82, 2.24) is 10.3 Å². The summed E-state index contributed by atoms with van der Waals surface area (Å²) in [5, 5.41) is 12.0. The van der Waals surface area contributed by atoms with Crippen molar-refractivity contribution in [2.24, 2.45) is 0 Å². The van der Waals surface area contributed by atoms with Gasteiger partial charge < -0.3 is 15.2 Å². The van der Waals surface area contributed by atoms with Gasteiger partial charge in [-0.05, 0) is 54.8 Å². The Balaban J connectivity index is 1.59. The van der Waals surface area contributed by atoms with Gasteiger partial charge in [-0.3, -0.25) is 14.6 Å². The van der Waals surface area contributed by atoms with Crippen LogP contribution in [0.3, 0.4) is 0 Å². The summed E-state index contributed by atoms with van der Waals surface area (Å²) in [5.74, 6) is -0.474. The molecule has 1 amide bonds. The molecular weight excluding hydrogens is 380 g/mol. The lowest BCUT2D eigenvalue weighted by atomic mass is 10.0. The Bertz CT molecular complexity index is 944. The molecule has 0 spiro atoms. The summed E-state index contributed by atoms with van der Waals surface area (Å²) in [6.45, 7) is 0.348. The Hall–Kier alpha value is -3.67. The average Bonchev–Trinajstić information content (AvgIpc) is 2.78. The van der Waals surface area contributed by atoms with Gasteiger partial charge >= 0.3 is 5.97 Å². The summed E-state index contributed by atoms with van der Waals surface area (Å²) < 4.78 is 5.69. The maximum atomic E-state index is 12.7. The van der Waals surface area contributed by atoms with Gasteiger partial charge in [-0.1, -0.05) is 36.4 Å². The van der Waals surface area contributed by atoms with Crippen molar-refractivity contribution in [3.8, 4) is 5.75 Å². The third kappa shape index (κ3) is 6.74. The van der Waals surface area contributed by atoms with E-state index in [2.05, 4.69) is 10.3 Å². The van der Waals surface area contributed by atoms with Crippen molar-refractivity contribution < 1.29 is 19.4 Å². The minimum atomic E-state index is -0.878. The molecule has 1 heterocycles. The number of carbonyl (C=O) groups is 2. The van der Waals surface area contributed by atoms with E-state index >= 15 is 0 Å². The molecule has 0 saturated heterocycles. The van der Waals surface area contributed by atoms with Crippen LogP contribution in [0.4, 0.5) is 0 Å². The molecule has 0 radical (unpaired) electrons. The predicted molar refractivity (Wildman–Crippen MR) is 113 cm³/mol. The van der Waals surface area contributed by atoms with Crippen LogP contribution in [-0.4, -0.2) is 28.0 Å². The molecule has 6 heteroatoms. The number of carbonyl (C=O) groups excluding carboxylic acids is 1. The first kappa shape index (κ1) is 21.0. The third-order valence-electron chi connectivity index (χ3n) is 4.60. The van der Waals surface area contributed by atoms with Crippen LogP contribution < -0.4 is 10.1 Å². The van der Waals surface area contributed by atoms with Crippen LogP contribution in [0, 0.1) is 0 Å². The van der Waals surface area contributed by atoms with Crippen LogP contribution >= 0.6 is 0 Å². The number of hydrogen-bond donors (Lipinski definition) is 2. The molecule has 3 aromatic rings. The van der Waals surface area contributed by atoms with Crippen LogP contribution in [0.25, 0.3) is 0 Å². The van der Waals surface area contributed by atoms with Gasteiger partial charge in [-0.15, -0.1) is 0 Å². The van der Waals surface area contributed by atoms with Gasteiger partial charge in [0.2, 0.25) is 0 Å². The van der Waals surface area contributed by atoms with Crippen LogP contribution in [0.5, 0.6) is 5.75 Å². The first-order valence-electron chi connectivity index (χ1n) is 9.79. The second-order valence-corrected chi connectivity index (χ2v) is 6.93. The van der Waals surface area contributed by atoms with E-state index in [9.17, 15) is 9.59 Å². The molecule has 2 N–H and O–H groups in total. The van der Waals surface area contributed by atoms with Crippen molar-refractivity contribution in [2.45, 2.75) is 31.9 Å². The second-order valence-electron chi connectivity index (χ2n) is 6.93. The highest BCUT2D eigenvalue weighted by molar-refractivity contribution is 5.94. The van der Waals surface area contributed by atoms with E-state index in [0.29, 0.717) is 30.8 Å². The molecule has 1 unspecified atom stereocenters. The topological polar surface area (TPSA) is 88.5 Å². The summed E-state index contributed by atoms with van der Waals surface area (Å²) >= 11 is 0. The lowest BCUT2D eigenvalue weighted by Crippen LogP contribution is -2.36. The number of pyridine rings is 1. The number of carboxylic acid groups (broad SMARTS) is 1. The Labute approximate surface area is 175 Å². The standard InChI is InChI=1S/C24H24N2O4/c27-23(28)14-11-20(16-18-6-2-1-3-7-18)26-24(29)19-9-12-22(13-10-19)30-17-21-8-4-5-15-25-21/h1-10,12-13,15,20H,11,14,16-17H2,(H,26,29)(H,27,28). The molecule has 0 aliphatic rings. The lowest BCUT2D eigenvalue weighted by Gasteiger charge is -2.18. The molecule has 154 valence electrons. The van der Waals surface area contributed by atoms with Crippen molar-refractivity contribution in [1.29, 1.82) is 0 Å². The summed E-state index contributed by atoms with van der Waals surface area (Å²) in [5.41, 5.74) is 2.36. The van der Waals surface area contributed by atoms with Crippen molar-refractivity contribution in [3.63, 3.8) is 0 Å². The molecule has 1 aromatic heterocycles. The van der Waals surface area contributed by atoms with Crippen molar-refractivity contribution in [2.75, 3.05) is 0 Å². The molecular formula is C24H24N2O4. The maximum Gasteiger partial charge on any atom is 0.303 e. The molecule has 2 aromatic carbocycles. The van der Waals surface area contributed by atoms with Gasteiger partial charge in [0.25, 0.3) is 5.91 Å². The van der Waals surface area contributed by atoms with E-state index in [-0.39, 0.29) is 18.4 Å². The quantitative estimate of drug-likeness (QED) is 0.536. The fraction of sp³-hybridized carbons (Fsp3) is 0.208. The zero-order chi connectivity index (χ0) is 21.2. The summed E-state index contributed by atoms with van der Waals surface area (Å²) in [6, 6.07) is 21.9. The van der Waals surface area contributed by atoms with Crippen LogP contribution in [0.15, 0.2) is 79.0 Å². The average molecular weight is 404 g/mol. The molecule has 3 rings (SSSR count). The van der Waals surface area contributed by atoms with E-state index in [0.717, 1.165) is 11.3 Å². The largest absolute Gasteiger partial charge is 0.487 e. The molecule has 0 aliphatic heterocycles. The normalized spacial score (nSPS) is 11.5. The van der Waals surface area contributed by atoms with Gasteiger partial charge in [0.1, 0.15) is 12.4 Å². The number of nitrogens with zero attached hydrogens (tertiary/aromatic N) is 1. The zero-order valence-corrected chi connectivity index (χ0v) is 16.5. The van der Waals surface area contributed by atoms with Gasteiger partial charge in [-0.25, -0.2) is 0 Å². The predicted octanol–water partition coefficient (Wildman–Crippen LogP) is 3.87. The number of amides is 1. The smallest absolute Gasteiger partial charge is 0.303 e. The highest BCUT2D eigenvalue weighted by Crippen LogP contribution is 2.15. The Kier molecular flexibility index (Phi) is 7.55. The molecule has 0 fully saturated rings. The van der Waals surface area contributed by atoms with Crippen LogP contribution in [0.2, 0.25) is 0 Å². The number of aliphatic carboxylic acids is 1. The Morgan fingerprint density at radius 1 is 0.967 bits per heavy atom. The number of hydrogen-bond acceptors (Lipinski definition) is 4. The van der Waals surface area contributed by atoms with Gasteiger partial charge in [-0.2, -0.15) is 0 Å². The molecule has 0 aliphatic carbocycles. The highest BCUT2D eigenvalue weighted by Gasteiger charge is 2.16. The van der Waals surface area contributed by atoms with Gasteiger partial charge in [0.15, 0.2) is 0 Å². The number of benzene rings is 2. The van der Waals surface area contributed by atoms with E-state index in [4.69, 9.17) is 9.84 Å². The van der Waals surface area contributed by atoms with E-state index in [1.807, 2.05) is 48.5 Å². The third-order valence-corrected chi connectivity index (χ3v) is 4.60. The molecule has 6 nitrogen and oxygen atoms in total. The SMILES string of the molecule is O=C(O)CCC(Cc1ccccc1)NC(=O)c1ccc(OCc2ccccn2)cc1. The summed E-state index contributed by atoms with van der Waals surface area (Å²) in [6.07, 6.45) is 2.65. The number of rotatable bonds is 10. The monoisotopic (exact) mass is 404 g/mol. The minimum Gasteiger partial charge on any atom is -0.487 e. The minimum absolute atomic E-state index is 0.00191. The Morgan fingerprint density at radius 3 is 2.37 bits per heavy atom. The van der Waals surface area contributed by atoms with E-state index in [1.54, 1.807) is 30.5 Å². The summed E-state index contributed by atoms with van der Waals surface area (Å²) in [7, 11) is 0. The molecule has 0 saturated carbocycles. The van der Waals surface area contributed by atoms with Gasteiger partial charge in [0, 0.05) is 24.2 Å². The molecule has 0 bridgehead atoms. The zero-order valence-electron chi connectivity index (χ0n) is 16.5. The molecule has 1 atom stereocenters. The number of ether oxygens (including phenoxy) is 1. The number of nitrogens with one attached hydrogen (secondary N) is 1. The van der Waals surface area contributed by atoms with Crippen molar-refractivity contribution >= 4 is 11.9 Å². The number of carboxylic acids is 1. The van der Waals surface area contributed by atoms with E-state index in [1.165, 1.54) is 0 Å². The lowest BCUT2D eigenvalue weighted by molar-refractivity contribution is -0.137. The van der Waals surface area contributed by atoms with Gasteiger partial charge in [0.05, 0.1) is 5.69 Å². The Morgan fingerprint density at radius 2 is 1.70 bits per heavy atom. The second kappa shape index (κ2) is 10.8. The highest BCUT2D eigenvalue weighted by atomic mass is 16.5. The van der Waals surface area contributed by atoms with Crippen molar-refractivity contribution in [3.05, 3.63) is 95.8 Å². The first-order valence-corrected chi connectivity index (χ1v) is 9.79. The molecule has 30 heavy (non-hydrogen) atoms. The first-order chi connectivity index (χ1) is 14.6. The number of aromatic nitrogens is 1. The van der Waals surface area contributed by atoms with Crippen LogP contribution in [-0.2, 0) is 17.8 Å². The van der Waals surface area contributed by atoms with Crippen LogP contribution in [0.1, 0.15) is 34.5 Å². The fourth-order valence-electron chi connectivity index (χ4n) is 3.03.